The zero-order valence-corrected chi connectivity index (χ0v) is 18.8. The fourth-order valence-electron chi connectivity index (χ4n) is 3.91. The summed E-state index contributed by atoms with van der Waals surface area (Å²) in [7, 11) is 0. The fraction of sp³-hybridized carbons (Fsp3) is 0.0333. The van der Waals surface area contributed by atoms with Crippen molar-refractivity contribution in [2.24, 2.45) is 0 Å². The highest BCUT2D eigenvalue weighted by Gasteiger charge is 2.08. The number of para-hydroxylation sites is 1. The largest absolute Gasteiger partial charge is 0.481 e. The van der Waals surface area contributed by atoms with Crippen LogP contribution < -0.4 is 10.1 Å². The average molecular weight is 459 g/mol. The van der Waals surface area contributed by atoms with Crippen LogP contribution in [0.4, 0.5) is 5.69 Å². The van der Waals surface area contributed by atoms with Crippen LogP contribution in [-0.4, -0.2) is 23.3 Å². The Labute approximate surface area is 202 Å². The molecular formula is C30H22N2O3. The van der Waals surface area contributed by atoms with E-state index in [1.807, 2.05) is 72.8 Å². The lowest BCUT2D eigenvalue weighted by Gasteiger charge is -2.09. The quantitative estimate of drug-likeness (QED) is 0.229. The van der Waals surface area contributed by atoms with E-state index in [1.165, 1.54) is 0 Å². The Morgan fingerprint density at radius 2 is 1.54 bits per heavy atom. The Balaban J connectivity index is 1.20. The van der Waals surface area contributed by atoms with E-state index in [1.54, 1.807) is 42.6 Å². The van der Waals surface area contributed by atoms with Crippen LogP contribution in [0.2, 0.25) is 0 Å². The summed E-state index contributed by atoms with van der Waals surface area (Å²) in [6.07, 6.45) is 5.09. The van der Waals surface area contributed by atoms with Gasteiger partial charge >= 0.3 is 0 Å². The standard InChI is InChI=1S/C30H22N2O3/c33-27(18-15-22-8-3-7-21-6-1-2-11-26(21)22)23-13-16-25(17-14-23)32-29(34)20-35-28-12-4-9-24-10-5-19-31-30(24)28/h1-19H,20H2,(H,32,34)/b18-15+. The van der Waals surface area contributed by atoms with Crippen molar-refractivity contribution < 1.29 is 14.3 Å². The molecule has 1 aromatic heterocycles. The molecule has 5 aromatic rings. The van der Waals surface area contributed by atoms with Crippen molar-refractivity contribution in [3.63, 3.8) is 0 Å². The summed E-state index contributed by atoms with van der Waals surface area (Å²) in [5.41, 5.74) is 2.82. The average Bonchev–Trinajstić information content (AvgIpc) is 2.91. The zero-order valence-electron chi connectivity index (χ0n) is 18.8. The molecule has 4 aromatic carbocycles. The third kappa shape index (κ3) is 5.09. The molecule has 35 heavy (non-hydrogen) atoms. The van der Waals surface area contributed by atoms with Gasteiger partial charge in [-0.3, -0.25) is 14.6 Å². The number of rotatable bonds is 7. The molecule has 0 aliphatic carbocycles. The van der Waals surface area contributed by atoms with E-state index < -0.39 is 0 Å². The highest BCUT2D eigenvalue weighted by Crippen LogP contribution is 2.23. The number of carbonyl (C=O) groups excluding carboxylic acids is 2. The molecule has 1 N–H and O–H groups in total. The second-order valence-electron chi connectivity index (χ2n) is 8.01. The maximum atomic E-state index is 12.7. The van der Waals surface area contributed by atoms with Crippen LogP contribution in [-0.2, 0) is 4.79 Å². The molecule has 0 radical (unpaired) electrons. The van der Waals surface area contributed by atoms with Crippen LogP contribution >= 0.6 is 0 Å². The first-order valence-electron chi connectivity index (χ1n) is 11.2. The fourth-order valence-corrected chi connectivity index (χ4v) is 3.91. The SMILES string of the molecule is O=C(COc1cccc2cccnc12)Nc1ccc(C(=O)/C=C/c2cccc3ccccc23)cc1. The highest BCUT2D eigenvalue weighted by molar-refractivity contribution is 6.08. The minimum Gasteiger partial charge on any atom is -0.481 e. The second-order valence-corrected chi connectivity index (χ2v) is 8.01. The first kappa shape index (κ1) is 22.0. The molecule has 0 unspecified atom stereocenters. The zero-order chi connectivity index (χ0) is 24.0. The maximum Gasteiger partial charge on any atom is 0.262 e. The first-order chi connectivity index (χ1) is 17.2. The lowest BCUT2D eigenvalue weighted by atomic mass is 10.0. The van der Waals surface area contributed by atoms with Crippen molar-refractivity contribution in [3.05, 3.63) is 120 Å². The summed E-state index contributed by atoms with van der Waals surface area (Å²) in [4.78, 5) is 29.4. The molecule has 1 amide bonds. The number of nitrogens with one attached hydrogen (secondary N) is 1. The van der Waals surface area contributed by atoms with Crippen LogP contribution in [0.1, 0.15) is 15.9 Å². The van der Waals surface area contributed by atoms with Gasteiger partial charge in [0.05, 0.1) is 0 Å². The minimum absolute atomic E-state index is 0.109. The van der Waals surface area contributed by atoms with E-state index in [0.29, 0.717) is 22.5 Å². The normalized spacial score (nSPS) is 11.1. The van der Waals surface area contributed by atoms with Gasteiger partial charge in [-0.1, -0.05) is 66.7 Å². The van der Waals surface area contributed by atoms with E-state index in [9.17, 15) is 9.59 Å². The number of pyridine rings is 1. The number of anilines is 1. The number of carbonyl (C=O) groups is 2. The number of nitrogens with zero attached hydrogens (tertiary/aromatic N) is 1. The van der Waals surface area contributed by atoms with Crippen LogP contribution in [0.15, 0.2) is 109 Å². The summed E-state index contributed by atoms with van der Waals surface area (Å²) in [5, 5.41) is 5.96. The summed E-state index contributed by atoms with van der Waals surface area (Å²) in [5.74, 6) is 0.146. The van der Waals surface area contributed by atoms with Crippen LogP contribution in [0.5, 0.6) is 5.75 Å². The number of ether oxygens (including phenoxy) is 1. The molecule has 0 saturated heterocycles. The van der Waals surface area contributed by atoms with Gasteiger partial charge in [-0.25, -0.2) is 0 Å². The van der Waals surface area contributed by atoms with Gasteiger partial charge in [0.1, 0.15) is 11.3 Å². The van der Waals surface area contributed by atoms with Gasteiger partial charge in [0, 0.05) is 22.8 Å². The number of aromatic nitrogens is 1. The number of allylic oxidation sites excluding steroid dienone is 1. The predicted octanol–water partition coefficient (Wildman–Crippen LogP) is 6.30. The van der Waals surface area contributed by atoms with Gasteiger partial charge in [0.2, 0.25) is 0 Å². The first-order valence-corrected chi connectivity index (χ1v) is 11.2. The molecule has 170 valence electrons. The number of hydrogen-bond donors (Lipinski definition) is 1. The second kappa shape index (κ2) is 10.0. The van der Waals surface area contributed by atoms with Gasteiger partial charge in [-0.15, -0.1) is 0 Å². The number of benzene rings is 4. The molecule has 0 saturated carbocycles. The van der Waals surface area contributed by atoms with Crippen LogP contribution in [0, 0.1) is 0 Å². The molecule has 0 aliphatic rings. The van der Waals surface area contributed by atoms with E-state index in [0.717, 1.165) is 21.7 Å². The molecule has 0 atom stereocenters. The van der Waals surface area contributed by atoms with Crippen molar-refractivity contribution in [2.75, 3.05) is 11.9 Å². The van der Waals surface area contributed by atoms with Crippen molar-refractivity contribution >= 4 is 45.1 Å². The number of hydrogen-bond acceptors (Lipinski definition) is 4. The topological polar surface area (TPSA) is 68.3 Å². The monoisotopic (exact) mass is 458 g/mol. The third-order valence-electron chi connectivity index (χ3n) is 5.65. The molecule has 0 spiro atoms. The van der Waals surface area contributed by atoms with E-state index in [4.69, 9.17) is 4.74 Å². The number of amides is 1. The Hall–Kier alpha value is -4.77. The lowest BCUT2D eigenvalue weighted by molar-refractivity contribution is -0.118. The van der Waals surface area contributed by atoms with E-state index >= 15 is 0 Å². The molecule has 5 heteroatoms. The number of fused-ring (bicyclic) bond motifs is 2. The smallest absolute Gasteiger partial charge is 0.262 e. The Morgan fingerprint density at radius 3 is 2.43 bits per heavy atom. The lowest BCUT2D eigenvalue weighted by Crippen LogP contribution is -2.20. The molecule has 5 rings (SSSR count). The van der Waals surface area contributed by atoms with Gasteiger partial charge in [0.15, 0.2) is 12.4 Å². The van der Waals surface area contributed by atoms with Crippen molar-refractivity contribution in [2.45, 2.75) is 0 Å². The van der Waals surface area contributed by atoms with Gasteiger partial charge < -0.3 is 10.1 Å². The maximum absolute atomic E-state index is 12.7. The predicted molar refractivity (Wildman–Crippen MR) is 140 cm³/mol. The Kier molecular flexibility index (Phi) is 6.31. The highest BCUT2D eigenvalue weighted by atomic mass is 16.5. The molecule has 0 fully saturated rings. The van der Waals surface area contributed by atoms with Crippen LogP contribution in [0.3, 0.4) is 0 Å². The Morgan fingerprint density at radius 1 is 0.800 bits per heavy atom. The number of ketones is 1. The third-order valence-corrected chi connectivity index (χ3v) is 5.65. The summed E-state index contributed by atoms with van der Waals surface area (Å²) in [6.45, 7) is -0.149. The van der Waals surface area contributed by atoms with Crippen molar-refractivity contribution in [3.8, 4) is 5.75 Å². The summed E-state index contributed by atoms with van der Waals surface area (Å²) in [6, 6.07) is 30.3. The summed E-state index contributed by atoms with van der Waals surface area (Å²) >= 11 is 0. The van der Waals surface area contributed by atoms with E-state index in [2.05, 4.69) is 10.3 Å². The molecular weight excluding hydrogens is 436 g/mol. The van der Waals surface area contributed by atoms with Gasteiger partial charge in [-0.05, 0) is 58.8 Å². The minimum atomic E-state index is -0.298. The molecule has 0 bridgehead atoms. The van der Waals surface area contributed by atoms with Crippen LogP contribution in [0.25, 0.3) is 27.8 Å². The summed E-state index contributed by atoms with van der Waals surface area (Å²) < 4.78 is 5.68. The van der Waals surface area contributed by atoms with E-state index in [-0.39, 0.29) is 18.3 Å². The Bertz CT molecular complexity index is 1550. The molecule has 1 heterocycles. The molecule has 0 aliphatic heterocycles. The van der Waals surface area contributed by atoms with Crippen molar-refractivity contribution in [1.29, 1.82) is 0 Å². The van der Waals surface area contributed by atoms with Gasteiger partial charge in [-0.2, -0.15) is 0 Å². The van der Waals surface area contributed by atoms with Crippen molar-refractivity contribution in [1.82, 2.24) is 4.98 Å². The van der Waals surface area contributed by atoms with Gasteiger partial charge in [0.25, 0.3) is 5.91 Å². The molecule has 5 nitrogen and oxygen atoms in total.